The molecule has 0 atom stereocenters. The van der Waals surface area contributed by atoms with Crippen LogP contribution >= 0.6 is 15.9 Å². The normalized spacial score (nSPS) is 18.6. The van der Waals surface area contributed by atoms with Crippen LogP contribution in [0.3, 0.4) is 0 Å². The van der Waals surface area contributed by atoms with Crippen molar-refractivity contribution in [3.8, 4) is 0 Å². The topological polar surface area (TPSA) is 84.9 Å². The summed E-state index contributed by atoms with van der Waals surface area (Å²) in [6, 6.07) is 0. The molecule has 0 aromatic heterocycles. The molecule has 1 rings (SSSR count). The highest BCUT2D eigenvalue weighted by Crippen LogP contribution is 2.16. The van der Waals surface area contributed by atoms with Crippen molar-refractivity contribution in [2.24, 2.45) is 0 Å². The van der Waals surface area contributed by atoms with Crippen LogP contribution in [-0.2, 0) is 19.7 Å². The number of hydrogen-bond donors (Lipinski definition) is 1. The molecule has 0 bridgehead atoms. The van der Waals surface area contributed by atoms with Crippen LogP contribution in [0.15, 0.2) is 0 Å². The molecular weight excluding hydrogens is 328 g/mol. The van der Waals surface area contributed by atoms with Gasteiger partial charge in [-0.2, -0.15) is 12.7 Å². The fraction of sp³-hybridized carbons (Fsp3) is 0.889. The summed E-state index contributed by atoms with van der Waals surface area (Å²) < 4.78 is 36.3. The number of hydrogen-bond acceptors (Lipinski definition) is 5. The van der Waals surface area contributed by atoms with Gasteiger partial charge in [0.25, 0.3) is 0 Å². The molecule has 0 radical (unpaired) electrons. The highest BCUT2D eigenvalue weighted by molar-refractivity contribution is 9.09. The number of ether oxygens (including phenoxy) is 2. The summed E-state index contributed by atoms with van der Waals surface area (Å²) in [6.07, 6.45) is 0.337. The lowest BCUT2D eigenvalue weighted by Crippen LogP contribution is -2.48. The van der Waals surface area contributed by atoms with E-state index in [2.05, 4.69) is 20.7 Å². The Morgan fingerprint density at radius 2 is 2.06 bits per heavy atom. The van der Waals surface area contributed by atoms with Gasteiger partial charge < -0.3 is 9.47 Å². The van der Waals surface area contributed by atoms with Gasteiger partial charge in [-0.1, -0.05) is 15.9 Å². The number of methoxy groups -OCH3 is 1. The second kappa shape index (κ2) is 7.27. The first-order chi connectivity index (χ1) is 8.49. The van der Waals surface area contributed by atoms with Crippen LogP contribution < -0.4 is 4.72 Å². The van der Waals surface area contributed by atoms with E-state index >= 15 is 0 Å². The maximum atomic E-state index is 11.7. The van der Waals surface area contributed by atoms with Crippen molar-refractivity contribution in [3.63, 3.8) is 0 Å². The highest BCUT2D eigenvalue weighted by atomic mass is 79.9. The number of carbonyl (C=O) groups excluding carboxylic acids is 1. The van der Waals surface area contributed by atoms with Gasteiger partial charge in [-0.05, 0) is 12.8 Å². The van der Waals surface area contributed by atoms with Crippen LogP contribution in [0.4, 0.5) is 4.79 Å². The third kappa shape index (κ3) is 4.71. The van der Waals surface area contributed by atoms with E-state index in [1.807, 2.05) is 4.72 Å². The second-order valence-corrected chi connectivity index (χ2v) is 6.22. The Bertz CT molecular complexity index is 367. The van der Waals surface area contributed by atoms with Gasteiger partial charge in [-0.25, -0.2) is 9.52 Å². The van der Waals surface area contributed by atoms with Gasteiger partial charge in [0.2, 0.25) is 0 Å². The highest BCUT2D eigenvalue weighted by Gasteiger charge is 2.29. The first kappa shape index (κ1) is 15.7. The first-order valence-corrected chi connectivity index (χ1v) is 8.09. The van der Waals surface area contributed by atoms with Crippen molar-refractivity contribution in [3.05, 3.63) is 0 Å². The summed E-state index contributed by atoms with van der Waals surface area (Å²) in [7, 11) is -2.68. The molecule has 1 aliphatic rings. The maximum Gasteiger partial charge on any atom is 0.421 e. The fourth-order valence-corrected chi connectivity index (χ4v) is 2.96. The summed E-state index contributed by atoms with van der Waals surface area (Å²) in [5, 5.41) is 0.759. The summed E-state index contributed by atoms with van der Waals surface area (Å²) in [4.78, 5) is 10.9. The van der Waals surface area contributed by atoms with Crippen LogP contribution in [-0.4, -0.2) is 57.1 Å². The number of nitrogens with one attached hydrogen (secondary N) is 1. The zero-order valence-electron chi connectivity index (χ0n) is 10.1. The Labute approximate surface area is 115 Å². The summed E-state index contributed by atoms with van der Waals surface area (Å²) in [5.74, 6) is 0. The third-order valence-corrected chi connectivity index (χ3v) is 4.36. The monoisotopic (exact) mass is 344 g/mol. The van der Waals surface area contributed by atoms with Crippen LogP contribution in [0.2, 0.25) is 0 Å². The molecule has 1 heterocycles. The Balaban J connectivity index is 2.44. The Morgan fingerprint density at radius 3 is 2.56 bits per heavy atom. The Hall–Kier alpha value is -0.380. The molecule has 18 heavy (non-hydrogen) atoms. The smallest absolute Gasteiger partial charge is 0.421 e. The maximum absolute atomic E-state index is 11.7. The van der Waals surface area contributed by atoms with E-state index in [1.54, 1.807) is 0 Å². The SMILES string of the molecule is COC(=O)NS(=O)(=O)N1CCC(OCCBr)CC1. The van der Waals surface area contributed by atoms with Gasteiger partial charge >= 0.3 is 16.3 Å². The van der Waals surface area contributed by atoms with Crippen molar-refractivity contribution >= 4 is 32.2 Å². The zero-order valence-corrected chi connectivity index (χ0v) is 12.5. The largest absolute Gasteiger partial charge is 0.452 e. The quantitative estimate of drug-likeness (QED) is 0.732. The fourth-order valence-electron chi connectivity index (χ4n) is 1.66. The molecule has 1 amide bonds. The zero-order chi connectivity index (χ0) is 13.6. The van der Waals surface area contributed by atoms with Crippen LogP contribution in [0.1, 0.15) is 12.8 Å². The van der Waals surface area contributed by atoms with Crippen LogP contribution in [0.5, 0.6) is 0 Å². The molecule has 0 aromatic rings. The number of rotatable bonds is 5. The molecule has 9 heteroatoms. The van der Waals surface area contributed by atoms with E-state index in [4.69, 9.17) is 4.74 Å². The molecule has 0 aliphatic carbocycles. The molecule has 1 aliphatic heterocycles. The van der Waals surface area contributed by atoms with E-state index in [-0.39, 0.29) is 6.10 Å². The molecule has 106 valence electrons. The van der Waals surface area contributed by atoms with Crippen molar-refractivity contribution in [1.82, 2.24) is 9.03 Å². The van der Waals surface area contributed by atoms with Gasteiger partial charge in [-0.15, -0.1) is 0 Å². The van der Waals surface area contributed by atoms with Gasteiger partial charge in [0, 0.05) is 18.4 Å². The van der Waals surface area contributed by atoms with Crippen LogP contribution in [0.25, 0.3) is 0 Å². The number of halogens is 1. The molecule has 1 saturated heterocycles. The summed E-state index contributed by atoms with van der Waals surface area (Å²) >= 11 is 3.26. The summed E-state index contributed by atoms with van der Waals surface area (Å²) in [6.45, 7) is 1.27. The predicted octanol–water partition coefficient (Wildman–Crippen LogP) is 0.463. The minimum Gasteiger partial charge on any atom is -0.452 e. The molecule has 0 unspecified atom stereocenters. The minimum absolute atomic E-state index is 0.0760. The first-order valence-electron chi connectivity index (χ1n) is 5.53. The number of nitrogens with zero attached hydrogens (tertiary/aromatic N) is 1. The molecule has 0 saturated carbocycles. The van der Waals surface area contributed by atoms with Gasteiger partial charge in [0.15, 0.2) is 0 Å². The van der Waals surface area contributed by atoms with E-state index in [9.17, 15) is 13.2 Å². The second-order valence-electron chi connectivity index (χ2n) is 3.76. The molecule has 0 spiro atoms. The predicted molar refractivity (Wildman–Crippen MR) is 68.8 cm³/mol. The van der Waals surface area contributed by atoms with Crippen LogP contribution in [0, 0.1) is 0 Å². The van der Waals surface area contributed by atoms with Gasteiger partial charge in [0.1, 0.15) is 0 Å². The Morgan fingerprint density at radius 1 is 1.44 bits per heavy atom. The van der Waals surface area contributed by atoms with Crippen molar-refractivity contribution in [2.75, 3.05) is 32.1 Å². The minimum atomic E-state index is -3.79. The molecular formula is C9H17BrN2O5S. The lowest BCUT2D eigenvalue weighted by atomic mass is 10.1. The molecule has 7 nitrogen and oxygen atoms in total. The Kier molecular flexibility index (Phi) is 6.33. The number of alkyl halides is 1. The van der Waals surface area contributed by atoms with E-state index < -0.39 is 16.3 Å². The van der Waals surface area contributed by atoms with Gasteiger partial charge in [-0.3, -0.25) is 0 Å². The van der Waals surface area contributed by atoms with E-state index in [0.29, 0.717) is 32.5 Å². The van der Waals surface area contributed by atoms with Gasteiger partial charge in [0.05, 0.1) is 19.8 Å². The van der Waals surface area contributed by atoms with E-state index in [1.165, 1.54) is 4.31 Å². The molecule has 1 N–H and O–H groups in total. The lowest BCUT2D eigenvalue weighted by molar-refractivity contribution is 0.0307. The standard InChI is InChI=1S/C9H17BrN2O5S/c1-16-9(13)11-18(14,15)12-5-2-8(3-6-12)17-7-4-10/h8H,2-7H2,1H3,(H,11,13). The van der Waals surface area contributed by atoms with Crippen molar-refractivity contribution in [1.29, 1.82) is 0 Å². The summed E-state index contributed by atoms with van der Waals surface area (Å²) in [5.41, 5.74) is 0. The van der Waals surface area contributed by atoms with Crippen molar-refractivity contribution < 1.29 is 22.7 Å². The number of amides is 1. The molecule has 0 aromatic carbocycles. The lowest BCUT2D eigenvalue weighted by Gasteiger charge is -2.30. The third-order valence-electron chi connectivity index (χ3n) is 2.57. The number of piperidine rings is 1. The average molecular weight is 345 g/mol. The van der Waals surface area contributed by atoms with E-state index in [0.717, 1.165) is 12.4 Å². The number of carbonyl (C=O) groups is 1. The van der Waals surface area contributed by atoms with Crippen molar-refractivity contribution in [2.45, 2.75) is 18.9 Å². The molecule has 1 fully saturated rings. The average Bonchev–Trinajstić information content (AvgIpc) is 2.36.